The number of ether oxygens (including phenoxy) is 4. The molecule has 1 aliphatic rings. The van der Waals surface area contributed by atoms with Gasteiger partial charge in [0.2, 0.25) is 5.60 Å². The molecular weight excluding hydrogens is 428 g/mol. The van der Waals surface area contributed by atoms with Gasteiger partial charge >= 0.3 is 11.9 Å². The zero-order chi connectivity index (χ0) is 24.3. The molecule has 1 aromatic rings. The maximum Gasteiger partial charge on any atom is 0.352 e. The highest BCUT2D eigenvalue weighted by atomic mass is 28.4. The van der Waals surface area contributed by atoms with Crippen LogP contribution in [0, 0.1) is 5.92 Å². The molecule has 0 radical (unpaired) electrons. The summed E-state index contributed by atoms with van der Waals surface area (Å²) in [6, 6.07) is 5.52. The van der Waals surface area contributed by atoms with Gasteiger partial charge in [0.05, 0.1) is 33.9 Å². The summed E-state index contributed by atoms with van der Waals surface area (Å²) >= 11 is 0. The SMILES string of the molecule is COC(=O)CC(C)C(O[Si](C)(C)C(C)(C)C)C1(C(=O)OC)CCc2c(OC)cccc2O1. The van der Waals surface area contributed by atoms with Crippen molar-refractivity contribution >= 4 is 20.3 Å². The Labute approximate surface area is 192 Å². The van der Waals surface area contributed by atoms with Crippen LogP contribution in [0.2, 0.25) is 18.1 Å². The molecule has 1 aliphatic heterocycles. The van der Waals surface area contributed by atoms with Crippen LogP contribution in [0.3, 0.4) is 0 Å². The normalized spacial score (nSPS) is 20.4. The highest BCUT2D eigenvalue weighted by Crippen LogP contribution is 2.46. The number of carbonyl (C=O) groups excluding carboxylic acids is 2. The lowest BCUT2D eigenvalue weighted by Gasteiger charge is -2.48. The van der Waals surface area contributed by atoms with Gasteiger partial charge in [-0.15, -0.1) is 0 Å². The molecule has 0 fully saturated rings. The molecule has 8 heteroatoms. The van der Waals surface area contributed by atoms with Crippen LogP contribution in [0.25, 0.3) is 0 Å². The van der Waals surface area contributed by atoms with Crippen molar-refractivity contribution in [2.75, 3.05) is 21.3 Å². The minimum Gasteiger partial charge on any atom is -0.496 e. The summed E-state index contributed by atoms with van der Waals surface area (Å²) in [6.07, 6.45) is 0.298. The monoisotopic (exact) mass is 466 g/mol. The largest absolute Gasteiger partial charge is 0.496 e. The first-order chi connectivity index (χ1) is 14.8. The molecule has 2 rings (SSSR count). The van der Waals surface area contributed by atoms with Gasteiger partial charge in [-0.2, -0.15) is 0 Å². The molecule has 0 bridgehead atoms. The Hall–Kier alpha value is -2.06. The molecule has 0 spiro atoms. The van der Waals surface area contributed by atoms with E-state index >= 15 is 0 Å². The average Bonchev–Trinajstić information content (AvgIpc) is 2.74. The van der Waals surface area contributed by atoms with Gasteiger partial charge in [-0.25, -0.2) is 4.79 Å². The van der Waals surface area contributed by atoms with E-state index in [9.17, 15) is 9.59 Å². The smallest absolute Gasteiger partial charge is 0.352 e. The van der Waals surface area contributed by atoms with E-state index in [1.807, 2.05) is 25.1 Å². The van der Waals surface area contributed by atoms with Crippen LogP contribution in [-0.2, 0) is 29.9 Å². The zero-order valence-electron chi connectivity index (χ0n) is 20.9. The molecule has 1 aromatic carbocycles. The molecule has 0 aromatic heterocycles. The van der Waals surface area contributed by atoms with Crippen LogP contribution < -0.4 is 9.47 Å². The van der Waals surface area contributed by atoms with E-state index in [2.05, 4.69) is 33.9 Å². The number of benzene rings is 1. The predicted octanol–water partition coefficient (Wildman–Crippen LogP) is 4.52. The molecule has 1 heterocycles. The zero-order valence-corrected chi connectivity index (χ0v) is 21.9. The number of hydrogen-bond donors (Lipinski definition) is 0. The first-order valence-corrected chi connectivity index (χ1v) is 13.9. The first kappa shape index (κ1) is 26.2. The fourth-order valence-electron chi connectivity index (χ4n) is 3.89. The summed E-state index contributed by atoms with van der Waals surface area (Å²) in [4.78, 5) is 25.5. The van der Waals surface area contributed by atoms with E-state index in [0.29, 0.717) is 24.3 Å². The van der Waals surface area contributed by atoms with Crippen molar-refractivity contribution < 1.29 is 33.0 Å². The van der Waals surface area contributed by atoms with Gasteiger partial charge in [-0.3, -0.25) is 4.79 Å². The van der Waals surface area contributed by atoms with Gasteiger partial charge in [-0.1, -0.05) is 33.8 Å². The van der Waals surface area contributed by atoms with Crippen LogP contribution in [0.15, 0.2) is 18.2 Å². The molecule has 3 atom stereocenters. The molecule has 0 aliphatic carbocycles. The highest BCUT2D eigenvalue weighted by Gasteiger charge is 2.57. The third-order valence-electron chi connectivity index (χ3n) is 6.80. The van der Waals surface area contributed by atoms with E-state index in [-0.39, 0.29) is 23.3 Å². The van der Waals surface area contributed by atoms with Crippen molar-refractivity contribution in [3.05, 3.63) is 23.8 Å². The summed E-state index contributed by atoms with van der Waals surface area (Å²) in [7, 11) is 1.96. The molecule has 0 amide bonds. The molecule has 180 valence electrons. The van der Waals surface area contributed by atoms with Gasteiger partial charge in [0, 0.05) is 12.0 Å². The first-order valence-electron chi connectivity index (χ1n) is 11.0. The third-order valence-corrected chi connectivity index (χ3v) is 11.3. The molecule has 0 saturated heterocycles. The third kappa shape index (κ3) is 5.12. The number of rotatable bonds is 8. The van der Waals surface area contributed by atoms with Gasteiger partial charge in [0.25, 0.3) is 0 Å². The topological polar surface area (TPSA) is 80.3 Å². The van der Waals surface area contributed by atoms with Crippen molar-refractivity contribution in [3.63, 3.8) is 0 Å². The maximum atomic E-state index is 13.3. The quantitative estimate of drug-likeness (QED) is 0.411. The summed E-state index contributed by atoms with van der Waals surface area (Å²) in [6.45, 7) is 12.5. The Morgan fingerprint density at radius 1 is 1.16 bits per heavy atom. The second-order valence-corrected chi connectivity index (χ2v) is 14.7. The van der Waals surface area contributed by atoms with Crippen LogP contribution in [0.4, 0.5) is 0 Å². The average molecular weight is 467 g/mol. The number of methoxy groups -OCH3 is 3. The summed E-state index contributed by atoms with van der Waals surface area (Å²) in [5, 5.41) is -0.108. The van der Waals surface area contributed by atoms with Crippen molar-refractivity contribution in [1.82, 2.24) is 0 Å². The van der Waals surface area contributed by atoms with Gasteiger partial charge < -0.3 is 23.4 Å². The Morgan fingerprint density at radius 2 is 1.81 bits per heavy atom. The van der Waals surface area contributed by atoms with Crippen molar-refractivity contribution in [2.24, 2.45) is 5.92 Å². The van der Waals surface area contributed by atoms with Crippen LogP contribution in [0.1, 0.15) is 46.1 Å². The van der Waals surface area contributed by atoms with Gasteiger partial charge in [0.1, 0.15) is 11.5 Å². The van der Waals surface area contributed by atoms with E-state index in [0.717, 1.165) is 5.56 Å². The molecule has 0 saturated carbocycles. The lowest BCUT2D eigenvalue weighted by Crippen LogP contribution is -2.63. The fraction of sp³-hybridized carbons (Fsp3) is 0.667. The van der Waals surface area contributed by atoms with Crippen molar-refractivity contribution in [3.8, 4) is 11.5 Å². The van der Waals surface area contributed by atoms with Gasteiger partial charge in [0.15, 0.2) is 8.32 Å². The number of esters is 2. The Morgan fingerprint density at radius 3 is 2.34 bits per heavy atom. The van der Waals surface area contributed by atoms with Crippen molar-refractivity contribution in [1.29, 1.82) is 0 Å². The number of fused-ring (bicyclic) bond motifs is 1. The summed E-state index contributed by atoms with van der Waals surface area (Å²) in [5.41, 5.74) is -0.488. The predicted molar refractivity (Wildman–Crippen MR) is 125 cm³/mol. The molecule has 0 N–H and O–H groups in total. The van der Waals surface area contributed by atoms with Crippen LogP contribution in [0.5, 0.6) is 11.5 Å². The Balaban J connectivity index is 2.60. The lowest BCUT2D eigenvalue weighted by molar-refractivity contribution is -0.177. The van der Waals surface area contributed by atoms with Crippen LogP contribution >= 0.6 is 0 Å². The fourth-order valence-corrected chi connectivity index (χ4v) is 5.30. The Kier molecular flexibility index (Phi) is 8.04. The van der Waals surface area contributed by atoms with E-state index in [1.54, 1.807) is 7.11 Å². The van der Waals surface area contributed by atoms with Crippen molar-refractivity contribution in [2.45, 2.75) is 76.8 Å². The highest BCUT2D eigenvalue weighted by molar-refractivity contribution is 6.74. The number of hydrogen-bond acceptors (Lipinski definition) is 7. The Bertz CT molecular complexity index is 830. The minimum atomic E-state index is -2.36. The molecular formula is C24H38O7Si. The van der Waals surface area contributed by atoms with E-state index < -0.39 is 26.0 Å². The standard InChI is InChI=1S/C24H38O7Si/c1-16(15-20(25)28-6)21(31-32(8,9)23(2,3)4)24(22(26)29-7)14-13-17-18(27-5)11-10-12-19(17)30-24/h10-12,16,21H,13-15H2,1-9H3. The van der Waals surface area contributed by atoms with Crippen LogP contribution in [-0.4, -0.2) is 53.3 Å². The lowest BCUT2D eigenvalue weighted by atomic mass is 9.80. The van der Waals surface area contributed by atoms with E-state index in [4.69, 9.17) is 23.4 Å². The summed E-state index contributed by atoms with van der Waals surface area (Å²) < 4.78 is 28.9. The number of carbonyl (C=O) groups is 2. The summed E-state index contributed by atoms with van der Waals surface area (Å²) in [5.74, 6) is 0.0639. The van der Waals surface area contributed by atoms with E-state index in [1.165, 1.54) is 14.2 Å². The maximum absolute atomic E-state index is 13.3. The molecule has 7 nitrogen and oxygen atoms in total. The molecule has 32 heavy (non-hydrogen) atoms. The minimum absolute atomic E-state index is 0.100. The molecule has 3 unspecified atom stereocenters. The van der Waals surface area contributed by atoms with Gasteiger partial charge in [-0.05, 0) is 42.6 Å². The second kappa shape index (κ2) is 9.83. The second-order valence-electron chi connectivity index (χ2n) is 9.98.